The molecular weight excluding hydrogens is 242 g/mol. The molecule has 5 nitrogen and oxygen atoms in total. The van der Waals surface area contributed by atoms with Crippen LogP contribution in [0.4, 0.5) is 0 Å². The average Bonchev–Trinajstić information content (AvgIpc) is 2.90. The molecule has 0 spiro atoms. The van der Waals surface area contributed by atoms with Crippen LogP contribution >= 0.6 is 0 Å². The second-order valence-corrected chi connectivity index (χ2v) is 3.16. The SMILES string of the molecule is CC.CC.COc1cc(-c2nc(C)no2)cnc1C. The number of rotatable bonds is 2. The van der Waals surface area contributed by atoms with Crippen molar-refractivity contribution in [2.24, 2.45) is 0 Å². The number of aromatic nitrogens is 3. The number of methoxy groups -OCH3 is 1. The average molecular weight is 265 g/mol. The third-order valence-corrected chi connectivity index (χ3v) is 2.03. The Morgan fingerprint density at radius 3 is 2.21 bits per heavy atom. The van der Waals surface area contributed by atoms with Crippen molar-refractivity contribution in [2.75, 3.05) is 7.11 Å². The fourth-order valence-electron chi connectivity index (χ4n) is 1.25. The maximum absolute atomic E-state index is 5.16. The first kappa shape index (κ1) is 17.1. The first-order valence-electron chi connectivity index (χ1n) is 6.52. The van der Waals surface area contributed by atoms with Gasteiger partial charge in [0.15, 0.2) is 5.82 Å². The Labute approximate surface area is 115 Å². The largest absolute Gasteiger partial charge is 0.495 e. The highest BCUT2D eigenvalue weighted by atomic mass is 16.5. The van der Waals surface area contributed by atoms with Gasteiger partial charge in [-0.25, -0.2) is 0 Å². The van der Waals surface area contributed by atoms with Gasteiger partial charge in [-0.3, -0.25) is 4.98 Å². The van der Waals surface area contributed by atoms with Crippen molar-refractivity contribution < 1.29 is 9.26 Å². The van der Waals surface area contributed by atoms with Crippen molar-refractivity contribution in [3.8, 4) is 17.2 Å². The van der Waals surface area contributed by atoms with E-state index >= 15 is 0 Å². The van der Waals surface area contributed by atoms with Gasteiger partial charge in [0.25, 0.3) is 5.89 Å². The molecule has 0 unspecified atom stereocenters. The number of hydrogen-bond acceptors (Lipinski definition) is 5. The predicted molar refractivity (Wildman–Crippen MR) is 76.3 cm³/mol. The van der Waals surface area contributed by atoms with Crippen LogP contribution in [0.5, 0.6) is 5.75 Å². The van der Waals surface area contributed by atoms with Crippen LogP contribution in [-0.2, 0) is 0 Å². The van der Waals surface area contributed by atoms with Gasteiger partial charge in [0, 0.05) is 6.20 Å². The number of ether oxygens (including phenoxy) is 1. The van der Waals surface area contributed by atoms with Crippen LogP contribution in [0.25, 0.3) is 11.5 Å². The Morgan fingerprint density at radius 2 is 1.74 bits per heavy atom. The standard InChI is InChI=1S/C10H11N3O2.2C2H6/c1-6-9(14-3)4-8(5-11-6)10-12-7(2)13-15-10;2*1-2/h4-5H,1-3H3;2*1-2H3. The normalized spacial score (nSPS) is 8.79. The summed E-state index contributed by atoms with van der Waals surface area (Å²) in [6, 6.07) is 1.83. The van der Waals surface area contributed by atoms with E-state index in [9.17, 15) is 0 Å². The molecule has 0 aliphatic carbocycles. The molecule has 0 aliphatic rings. The Bertz CT molecular complexity index is 481. The fourth-order valence-corrected chi connectivity index (χ4v) is 1.25. The van der Waals surface area contributed by atoms with Crippen LogP contribution in [0.3, 0.4) is 0 Å². The van der Waals surface area contributed by atoms with Crippen molar-refractivity contribution in [1.29, 1.82) is 0 Å². The number of pyridine rings is 1. The molecule has 106 valence electrons. The highest BCUT2D eigenvalue weighted by Gasteiger charge is 2.09. The summed E-state index contributed by atoms with van der Waals surface area (Å²) in [5, 5.41) is 3.72. The van der Waals surface area contributed by atoms with Crippen LogP contribution in [0.2, 0.25) is 0 Å². The second kappa shape index (κ2) is 9.08. The van der Waals surface area contributed by atoms with Gasteiger partial charge in [0.05, 0.1) is 18.4 Å². The van der Waals surface area contributed by atoms with Crippen LogP contribution in [-0.4, -0.2) is 22.2 Å². The Morgan fingerprint density at radius 1 is 1.11 bits per heavy atom. The molecule has 2 aromatic heterocycles. The van der Waals surface area contributed by atoms with Crippen molar-refractivity contribution in [3.63, 3.8) is 0 Å². The van der Waals surface area contributed by atoms with E-state index < -0.39 is 0 Å². The monoisotopic (exact) mass is 265 g/mol. The molecule has 0 atom stereocenters. The number of hydrogen-bond donors (Lipinski definition) is 0. The molecule has 0 amide bonds. The van der Waals surface area contributed by atoms with Gasteiger partial charge in [-0.2, -0.15) is 4.98 Å². The Balaban J connectivity index is 0.000000741. The zero-order valence-corrected chi connectivity index (χ0v) is 12.8. The lowest BCUT2D eigenvalue weighted by Gasteiger charge is -2.03. The molecule has 19 heavy (non-hydrogen) atoms. The number of nitrogens with zero attached hydrogens (tertiary/aromatic N) is 3. The summed E-state index contributed by atoms with van der Waals surface area (Å²) in [6.45, 7) is 11.6. The van der Waals surface area contributed by atoms with E-state index in [1.807, 2.05) is 40.7 Å². The highest BCUT2D eigenvalue weighted by molar-refractivity contribution is 5.54. The van der Waals surface area contributed by atoms with E-state index in [-0.39, 0.29) is 0 Å². The Hall–Kier alpha value is -1.91. The topological polar surface area (TPSA) is 61.0 Å². The molecule has 5 heteroatoms. The van der Waals surface area contributed by atoms with E-state index in [0.717, 1.165) is 11.3 Å². The molecule has 0 radical (unpaired) electrons. The Kier molecular flexibility index (Phi) is 8.17. The van der Waals surface area contributed by atoms with Crippen molar-refractivity contribution in [2.45, 2.75) is 41.5 Å². The first-order valence-corrected chi connectivity index (χ1v) is 6.52. The summed E-state index contributed by atoms with van der Waals surface area (Å²) in [5.74, 6) is 1.77. The molecule has 0 aromatic carbocycles. The smallest absolute Gasteiger partial charge is 0.259 e. The van der Waals surface area contributed by atoms with Crippen molar-refractivity contribution in [1.82, 2.24) is 15.1 Å². The van der Waals surface area contributed by atoms with Crippen LogP contribution in [0, 0.1) is 13.8 Å². The molecule has 0 fully saturated rings. The van der Waals surface area contributed by atoms with Gasteiger partial charge in [-0.05, 0) is 19.9 Å². The minimum Gasteiger partial charge on any atom is -0.495 e. The molecule has 0 saturated carbocycles. The minimum absolute atomic E-state index is 0.457. The zero-order chi connectivity index (χ0) is 14.8. The molecule has 2 aromatic rings. The van der Waals surface area contributed by atoms with Gasteiger partial charge in [-0.1, -0.05) is 32.9 Å². The first-order chi connectivity index (χ1) is 9.20. The van der Waals surface area contributed by atoms with E-state index in [4.69, 9.17) is 9.26 Å². The van der Waals surface area contributed by atoms with Gasteiger partial charge in [0.2, 0.25) is 0 Å². The molecule has 0 N–H and O–H groups in total. The third-order valence-electron chi connectivity index (χ3n) is 2.03. The summed E-state index contributed by atoms with van der Waals surface area (Å²) in [5.41, 5.74) is 1.59. The van der Waals surface area contributed by atoms with E-state index in [1.54, 1.807) is 20.2 Å². The minimum atomic E-state index is 0.457. The summed E-state index contributed by atoms with van der Waals surface area (Å²) >= 11 is 0. The van der Waals surface area contributed by atoms with Crippen LogP contribution < -0.4 is 4.74 Å². The number of aryl methyl sites for hydroxylation is 2. The molecule has 0 aliphatic heterocycles. The summed E-state index contributed by atoms with van der Waals surface area (Å²) in [6.07, 6.45) is 1.69. The maximum Gasteiger partial charge on any atom is 0.259 e. The summed E-state index contributed by atoms with van der Waals surface area (Å²) in [4.78, 5) is 8.30. The van der Waals surface area contributed by atoms with Gasteiger partial charge in [0.1, 0.15) is 5.75 Å². The van der Waals surface area contributed by atoms with Crippen molar-refractivity contribution in [3.05, 3.63) is 23.8 Å². The van der Waals surface area contributed by atoms with E-state index in [1.165, 1.54) is 0 Å². The van der Waals surface area contributed by atoms with Crippen molar-refractivity contribution >= 4 is 0 Å². The summed E-state index contributed by atoms with van der Waals surface area (Å²) in [7, 11) is 1.60. The molecule has 2 rings (SSSR count). The van der Waals surface area contributed by atoms with E-state index in [2.05, 4.69) is 15.1 Å². The maximum atomic E-state index is 5.16. The zero-order valence-electron chi connectivity index (χ0n) is 12.8. The van der Waals surface area contributed by atoms with Gasteiger partial charge >= 0.3 is 0 Å². The molecule has 0 bridgehead atoms. The predicted octanol–water partition coefficient (Wildman–Crippen LogP) is 3.81. The molecular formula is C14H23N3O2. The van der Waals surface area contributed by atoms with Gasteiger partial charge < -0.3 is 9.26 Å². The molecule has 2 heterocycles. The van der Waals surface area contributed by atoms with Crippen LogP contribution in [0.1, 0.15) is 39.2 Å². The lowest BCUT2D eigenvalue weighted by Crippen LogP contribution is -1.91. The van der Waals surface area contributed by atoms with Gasteiger partial charge in [-0.15, -0.1) is 0 Å². The highest BCUT2D eigenvalue weighted by Crippen LogP contribution is 2.23. The lowest BCUT2D eigenvalue weighted by atomic mass is 10.2. The molecule has 0 saturated heterocycles. The third kappa shape index (κ3) is 4.69. The quantitative estimate of drug-likeness (QED) is 0.826. The van der Waals surface area contributed by atoms with E-state index in [0.29, 0.717) is 17.5 Å². The lowest BCUT2D eigenvalue weighted by molar-refractivity contribution is 0.407. The second-order valence-electron chi connectivity index (χ2n) is 3.16. The summed E-state index contributed by atoms with van der Waals surface area (Å²) < 4.78 is 10.2. The fraction of sp³-hybridized carbons (Fsp3) is 0.500. The van der Waals surface area contributed by atoms with Crippen LogP contribution in [0.15, 0.2) is 16.8 Å².